The molecule has 0 aromatic heterocycles. The smallest absolute Gasteiger partial charge is 0.0400 e. The summed E-state index contributed by atoms with van der Waals surface area (Å²) >= 11 is 0. The standard InChI is InChI=1S/C14H23N3/c1-11(15)12-4-5-14-13(10-12)6-7-17(14)9-8-16(2)3/h4-5,10-11H,6-9,15H2,1-3H3. The lowest BCUT2D eigenvalue weighted by Crippen LogP contribution is -2.30. The zero-order valence-electron chi connectivity index (χ0n) is 11.1. The summed E-state index contributed by atoms with van der Waals surface area (Å²) in [6.07, 6.45) is 1.16. The number of benzene rings is 1. The lowest BCUT2D eigenvalue weighted by Gasteiger charge is -2.22. The van der Waals surface area contributed by atoms with Crippen molar-refractivity contribution in [2.24, 2.45) is 5.73 Å². The quantitative estimate of drug-likeness (QED) is 0.858. The number of fused-ring (bicyclic) bond motifs is 1. The van der Waals surface area contributed by atoms with Gasteiger partial charge in [0.25, 0.3) is 0 Å². The van der Waals surface area contributed by atoms with Crippen molar-refractivity contribution in [1.82, 2.24) is 4.90 Å². The first-order chi connectivity index (χ1) is 8.08. The van der Waals surface area contributed by atoms with E-state index in [1.807, 2.05) is 6.92 Å². The van der Waals surface area contributed by atoms with Crippen molar-refractivity contribution >= 4 is 5.69 Å². The van der Waals surface area contributed by atoms with Crippen molar-refractivity contribution in [2.75, 3.05) is 38.6 Å². The molecule has 1 heterocycles. The van der Waals surface area contributed by atoms with Crippen LogP contribution in [-0.4, -0.2) is 38.6 Å². The molecule has 2 rings (SSSR count). The van der Waals surface area contributed by atoms with Crippen LogP contribution in [0.4, 0.5) is 5.69 Å². The Morgan fingerprint density at radius 3 is 2.82 bits per heavy atom. The highest BCUT2D eigenvalue weighted by molar-refractivity contribution is 5.59. The molecule has 0 saturated heterocycles. The summed E-state index contributed by atoms with van der Waals surface area (Å²) in [6.45, 7) is 5.40. The third-order valence-electron chi connectivity index (χ3n) is 3.44. The SMILES string of the molecule is CC(N)c1ccc2c(c1)CCN2CCN(C)C. The fraction of sp³-hybridized carbons (Fsp3) is 0.571. The molecule has 0 amide bonds. The van der Waals surface area contributed by atoms with E-state index in [0.717, 1.165) is 26.1 Å². The minimum absolute atomic E-state index is 0.135. The molecule has 1 aliphatic rings. The molecule has 0 fully saturated rings. The highest BCUT2D eigenvalue weighted by atomic mass is 15.2. The lowest BCUT2D eigenvalue weighted by atomic mass is 10.0. The van der Waals surface area contributed by atoms with Crippen molar-refractivity contribution in [2.45, 2.75) is 19.4 Å². The summed E-state index contributed by atoms with van der Waals surface area (Å²) in [6, 6.07) is 6.81. The van der Waals surface area contributed by atoms with Gasteiger partial charge in [0.1, 0.15) is 0 Å². The van der Waals surface area contributed by atoms with Crippen LogP contribution in [0, 0.1) is 0 Å². The summed E-state index contributed by atoms with van der Waals surface area (Å²) in [5, 5.41) is 0. The van der Waals surface area contributed by atoms with Gasteiger partial charge in [-0.05, 0) is 44.6 Å². The maximum atomic E-state index is 5.92. The van der Waals surface area contributed by atoms with Gasteiger partial charge in [-0.2, -0.15) is 0 Å². The van der Waals surface area contributed by atoms with E-state index < -0.39 is 0 Å². The summed E-state index contributed by atoms with van der Waals surface area (Å²) in [5.41, 5.74) is 10.0. The fourth-order valence-corrected chi connectivity index (χ4v) is 2.33. The minimum Gasteiger partial charge on any atom is -0.370 e. The van der Waals surface area contributed by atoms with Crippen LogP contribution in [0.5, 0.6) is 0 Å². The van der Waals surface area contributed by atoms with Crippen molar-refractivity contribution in [3.63, 3.8) is 0 Å². The monoisotopic (exact) mass is 233 g/mol. The van der Waals surface area contributed by atoms with Gasteiger partial charge in [-0.15, -0.1) is 0 Å². The van der Waals surface area contributed by atoms with Crippen LogP contribution in [0.3, 0.4) is 0 Å². The predicted molar refractivity (Wildman–Crippen MR) is 73.5 cm³/mol. The third kappa shape index (κ3) is 2.79. The summed E-state index contributed by atoms with van der Waals surface area (Å²) in [5.74, 6) is 0. The number of hydrogen-bond donors (Lipinski definition) is 1. The van der Waals surface area contributed by atoms with E-state index in [0.29, 0.717) is 0 Å². The Morgan fingerprint density at radius 1 is 1.41 bits per heavy atom. The minimum atomic E-state index is 0.135. The van der Waals surface area contributed by atoms with Gasteiger partial charge in [0.2, 0.25) is 0 Å². The Bertz CT molecular complexity index is 385. The maximum absolute atomic E-state index is 5.92. The highest BCUT2D eigenvalue weighted by Crippen LogP contribution is 2.29. The van der Waals surface area contributed by atoms with Gasteiger partial charge in [0.15, 0.2) is 0 Å². The Morgan fingerprint density at radius 2 is 2.18 bits per heavy atom. The predicted octanol–water partition coefficient (Wildman–Crippen LogP) is 1.63. The molecule has 0 spiro atoms. The first kappa shape index (κ1) is 12.4. The first-order valence-corrected chi connectivity index (χ1v) is 6.36. The van der Waals surface area contributed by atoms with Gasteiger partial charge in [-0.3, -0.25) is 0 Å². The second kappa shape index (κ2) is 5.07. The molecule has 3 heteroatoms. The Balaban J connectivity index is 2.11. The molecule has 2 N–H and O–H groups in total. The summed E-state index contributed by atoms with van der Waals surface area (Å²) in [4.78, 5) is 4.70. The molecule has 1 aromatic carbocycles. The van der Waals surface area contributed by atoms with Crippen LogP contribution in [0.25, 0.3) is 0 Å². The molecule has 94 valence electrons. The van der Waals surface area contributed by atoms with E-state index in [1.165, 1.54) is 16.8 Å². The molecule has 0 radical (unpaired) electrons. The second-order valence-corrected chi connectivity index (χ2v) is 5.22. The molecular weight excluding hydrogens is 210 g/mol. The van der Waals surface area contributed by atoms with E-state index in [1.54, 1.807) is 0 Å². The van der Waals surface area contributed by atoms with Crippen LogP contribution < -0.4 is 10.6 Å². The summed E-state index contributed by atoms with van der Waals surface area (Å²) < 4.78 is 0. The highest BCUT2D eigenvalue weighted by Gasteiger charge is 2.19. The van der Waals surface area contributed by atoms with Crippen molar-refractivity contribution < 1.29 is 0 Å². The molecule has 0 saturated carbocycles. The molecular formula is C14H23N3. The molecule has 1 unspecified atom stereocenters. The van der Waals surface area contributed by atoms with E-state index in [4.69, 9.17) is 5.73 Å². The van der Waals surface area contributed by atoms with E-state index in [2.05, 4.69) is 42.1 Å². The number of hydrogen-bond acceptors (Lipinski definition) is 3. The normalized spacial score (nSPS) is 16.4. The van der Waals surface area contributed by atoms with E-state index >= 15 is 0 Å². The van der Waals surface area contributed by atoms with Crippen LogP contribution in [0.2, 0.25) is 0 Å². The fourth-order valence-electron chi connectivity index (χ4n) is 2.33. The average molecular weight is 233 g/mol. The van der Waals surface area contributed by atoms with Crippen LogP contribution in [0.1, 0.15) is 24.1 Å². The summed E-state index contributed by atoms with van der Waals surface area (Å²) in [7, 11) is 4.24. The van der Waals surface area contributed by atoms with Gasteiger partial charge < -0.3 is 15.5 Å². The van der Waals surface area contributed by atoms with Crippen molar-refractivity contribution in [3.8, 4) is 0 Å². The number of anilines is 1. The first-order valence-electron chi connectivity index (χ1n) is 6.36. The Labute approximate surface area is 104 Å². The second-order valence-electron chi connectivity index (χ2n) is 5.22. The molecule has 17 heavy (non-hydrogen) atoms. The van der Waals surface area contributed by atoms with E-state index in [9.17, 15) is 0 Å². The topological polar surface area (TPSA) is 32.5 Å². The van der Waals surface area contributed by atoms with Crippen LogP contribution in [-0.2, 0) is 6.42 Å². The van der Waals surface area contributed by atoms with Gasteiger partial charge in [-0.1, -0.05) is 12.1 Å². The maximum Gasteiger partial charge on any atom is 0.0400 e. The van der Waals surface area contributed by atoms with Gasteiger partial charge in [-0.25, -0.2) is 0 Å². The number of rotatable bonds is 4. The Hall–Kier alpha value is -1.06. The molecule has 1 aliphatic heterocycles. The zero-order chi connectivity index (χ0) is 12.4. The van der Waals surface area contributed by atoms with Gasteiger partial charge >= 0.3 is 0 Å². The lowest BCUT2D eigenvalue weighted by molar-refractivity contribution is 0.414. The van der Waals surface area contributed by atoms with Crippen LogP contribution in [0.15, 0.2) is 18.2 Å². The average Bonchev–Trinajstić information content (AvgIpc) is 2.68. The zero-order valence-corrected chi connectivity index (χ0v) is 11.1. The molecule has 1 atom stereocenters. The van der Waals surface area contributed by atoms with Crippen molar-refractivity contribution in [1.29, 1.82) is 0 Å². The van der Waals surface area contributed by atoms with Gasteiger partial charge in [0.05, 0.1) is 0 Å². The number of likely N-dealkylation sites (N-methyl/N-ethyl adjacent to an activating group) is 1. The van der Waals surface area contributed by atoms with E-state index in [-0.39, 0.29) is 6.04 Å². The number of nitrogens with two attached hydrogens (primary N) is 1. The van der Waals surface area contributed by atoms with Crippen molar-refractivity contribution in [3.05, 3.63) is 29.3 Å². The Kier molecular flexibility index (Phi) is 3.69. The largest absolute Gasteiger partial charge is 0.370 e. The molecule has 1 aromatic rings. The number of nitrogens with zero attached hydrogens (tertiary/aromatic N) is 2. The molecule has 0 aliphatic carbocycles. The van der Waals surface area contributed by atoms with Gasteiger partial charge in [0, 0.05) is 31.4 Å². The third-order valence-corrected chi connectivity index (χ3v) is 3.44. The molecule has 0 bridgehead atoms. The molecule has 3 nitrogen and oxygen atoms in total. The van der Waals surface area contributed by atoms with Crippen LogP contribution >= 0.6 is 0 Å².